The fourth-order valence-electron chi connectivity index (χ4n) is 2.50. The zero-order chi connectivity index (χ0) is 11.2. The van der Waals surface area contributed by atoms with Crippen LogP contribution in [0, 0.1) is 0 Å². The Morgan fingerprint density at radius 2 is 1.65 bits per heavy atom. The summed E-state index contributed by atoms with van der Waals surface area (Å²) in [6.45, 7) is 0. The van der Waals surface area contributed by atoms with Crippen molar-refractivity contribution in [2.45, 2.75) is 0 Å². The topological polar surface area (TPSA) is 28.7 Å². The molecule has 1 N–H and O–H groups in total. The van der Waals surface area contributed by atoms with Gasteiger partial charge in [-0.05, 0) is 24.3 Å². The second-order valence-electron chi connectivity index (χ2n) is 4.23. The molecule has 0 fully saturated rings. The highest BCUT2D eigenvalue weighted by Gasteiger charge is 2.07. The Hall–Kier alpha value is -2.35. The van der Waals surface area contributed by atoms with Gasteiger partial charge in [-0.2, -0.15) is 0 Å². The predicted octanol–water partition coefficient (Wildman–Crippen LogP) is 3.87. The number of benzene rings is 2. The Kier molecular flexibility index (Phi) is 1.59. The number of rotatable bonds is 0. The van der Waals surface area contributed by atoms with Crippen molar-refractivity contribution in [3.05, 3.63) is 54.7 Å². The van der Waals surface area contributed by atoms with Crippen LogP contribution in [0.2, 0.25) is 0 Å². The lowest BCUT2D eigenvalue weighted by Crippen LogP contribution is -1.77. The van der Waals surface area contributed by atoms with E-state index in [4.69, 9.17) is 0 Å². The van der Waals surface area contributed by atoms with E-state index in [2.05, 4.69) is 52.4 Å². The van der Waals surface area contributed by atoms with Crippen LogP contribution in [-0.4, -0.2) is 9.97 Å². The molecule has 0 atom stereocenters. The van der Waals surface area contributed by atoms with Crippen molar-refractivity contribution in [1.82, 2.24) is 9.97 Å². The van der Waals surface area contributed by atoms with E-state index in [0.717, 1.165) is 5.52 Å². The molecule has 2 heterocycles. The number of nitrogens with one attached hydrogen (secondary N) is 1. The molecule has 0 spiro atoms. The van der Waals surface area contributed by atoms with Gasteiger partial charge in [-0.15, -0.1) is 0 Å². The van der Waals surface area contributed by atoms with Gasteiger partial charge in [0.2, 0.25) is 0 Å². The number of nitrogens with zero attached hydrogens (tertiary/aromatic N) is 1. The SMILES string of the molecule is c1ccc2c(c1)[nH]c1ccc3ncccc3c12. The molecule has 0 aliphatic rings. The molecular formula is C15H10N2. The van der Waals surface area contributed by atoms with Gasteiger partial charge in [-0.25, -0.2) is 0 Å². The lowest BCUT2D eigenvalue weighted by atomic mass is 10.1. The van der Waals surface area contributed by atoms with E-state index in [9.17, 15) is 0 Å². The van der Waals surface area contributed by atoms with Gasteiger partial charge < -0.3 is 4.98 Å². The van der Waals surface area contributed by atoms with E-state index in [1.54, 1.807) is 0 Å². The molecule has 2 aromatic carbocycles. The van der Waals surface area contributed by atoms with E-state index in [1.165, 1.54) is 27.2 Å². The first kappa shape index (κ1) is 8.76. The number of fused-ring (bicyclic) bond motifs is 5. The molecule has 80 valence electrons. The van der Waals surface area contributed by atoms with Crippen molar-refractivity contribution in [2.75, 3.05) is 0 Å². The molecule has 4 aromatic rings. The van der Waals surface area contributed by atoms with Gasteiger partial charge in [0.1, 0.15) is 0 Å². The molecule has 4 rings (SSSR count). The number of pyridine rings is 1. The van der Waals surface area contributed by atoms with Gasteiger partial charge in [0.05, 0.1) is 5.52 Å². The molecule has 0 aliphatic heterocycles. The van der Waals surface area contributed by atoms with E-state index in [-0.39, 0.29) is 0 Å². The molecule has 0 aliphatic carbocycles. The van der Waals surface area contributed by atoms with Crippen LogP contribution in [0.15, 0.2) is 54.7 Å². The lowest BCUT2D eigenvalue weighted by Gasteiger charge is -1.98. The molecule has 0 saturated heterocycles. The van der Waals surface area contributed by atoms with Gasteiger partial charge in [-0.3, -0.25) is 4.98 Å². The summed E-state index contributed by atoms with van der Waals surface area (Å²) in [6.07, 6.45) is 1.84. The molecule has 2 nitrogen and oxygen atoms in total. The Labute approximate surface area is 97.9 Å². The summed E-state index contributed by atoms with van der Waals surface area (Å²) in [5.41, 5.74) is 3.40. The normalized spacial score (nSPS) is 11.5. The second-order valence-corrected chi connectivity index (χ2v) is 4.23. The first-order valence-corrected chi connectivity index (χ1v) is 5.68. The summed E-state index contributed by atoms with van der Waals surface area (Å²) >= 11 is 0. The standard InChI is InChI=1S/C15H10N2/c1-2-6-13-11(4-1)15-10-5-3-9-16-12(10)7-8-14(15)17-13/h1-9,17H. The molecule has 0 unspecified atom stereocenters. The molecule has 0 amide bonds. The van der Waals surface area contributed by atoms with E-state index < -0.39 is 0 Å². The number of H-pyrrole nitrogens is 1. The van der Waals surface area contributed by atoms with Crippen molar-refractivity contribution in [1.29, 1.82) is 0 Å². The summed E-state index contributed by atoms with van der Waals surface area (Å²) < 4.78 is 0. The summed E-state index contributed by atoms with van der Waals surface area (Å²) in [4.78, 5) is 7.85. The van der Waals surface area contributed by atoms with Crippen molar-refractivity contribution < 1.29 is 0 Å². The molecule has 0 bridgehead atoms. The second kappa shape index (κ2) is 3.08. The number of aromatic nitrogens is 2. The number of para-hydroxylation sites is 1. The predicted molar refractivity (Wildman–Crippen MR) is 71.1 cm³/mol. The third kappa shape index (κ3) is 1.12. The molecule has 2 aromatic heterocycles. The van der Waals surface area contributed by atoms with Gasteiger partial charge in [0, 0.05) is 33.4 Å². The highest BCUT2D eigenvalue weighted by atomic mass is 14.7. The van der Waals surface area contributed by atoms with E-state index in [1.807, 2.05) is 12.3 Å². The van der Waals surface area contributed by atoms with Crippen molar-refractivity contribution in [2.24, 2.45) is 0 Å². The lowest BCUT2D eigenvalue weighted by molar-refractivity contribution is 1.42. The summed E-state index contributed by atoms with van der Waals surface area (Å²) in [6, 6.07) is 16.7. The fraction of sp³-hybridized carbons (Fsp3) is 0. The highest BCUT2D eigenvalue weighted by Crippen LogP contribution is 2.30. The molecular weight excluding hydrogens is 208 g/mol. The largest absolute Gasteiger partial charge is 0.354 e. The van der Waals surface area contributed by atoms with Crippen LogP contribution in [0.5, 0.6) is 0 Å². The monoisotopic (exact) mass is 218 g/mol. The summed E-state index contributed by atoms with van der Waals surface area (Å²) in [7, 11) is 0. The molecule has 0 radical (unpaired) electrons. The maximum absolute atomic E-state index is 4.40. The van der Waals surface area contributed by atoms with Gasteiger partial charge in [0.25, 0.3) is 0 Å². The zero-order valence-corrected chi connectivity index (χ0v) is 9.14. The third-order valence-electron chi connectivity index (χ3n) is 3.25. The van der Waals surface area contributed by atoms with Crippen molar-refractivity contribution in [3.8, 4) is 0 Å². The first-order chi connectivity index (χ1) is 8.43. The molecule has 0 saturated carbocycles. The number of aromatic amines is 1. The number of hydrogen-bond donors (Lipinski definition) is 1. The smallest absolute Gasteiger partial charge is 0.0709 e. The third-order valence-corrected chi connectivity index (χ3v) is 3.25. The van der Waals surface area contributed by atoms with Crippen LogP contribution in [0.4, 0.5) is 0 Å². The average molecular weight is 218 g/mol. The fourth-order valence-corrected chi connectivity index (χ4v) is 2.50. The van der Waals surface area contributed by atoms with Crippen LogP contribution < -0.4 is 0 Å². The Balaban J connectivity index is 2.38. The summed E-state index contributed by atoms with van der Waals surface area (Å²) in [5.74, 6) is 0. The minimum absolute atomic E-state index is 1.05. The highest BCUT2D eigenvalue weighted by molar-refractivity contribution is 6.19. The Morgan fingerprint density at radius 3 is 2.65 bits per heavy atom. The Morgan fingerprint density at radius 1 is 0.765 bits per heavy atom. The molecule has 17 heavy (non-hydrogen) atoms. The van der Waals surface area contributed by atoms with Crippen LogP contribution in [0.3, 0.4) is 0 Å². The molecule has 2 heteroatoms. The van der Waals surface area contributed by atoms with Crippen LogP contribution in [-0.2, 0) is 0 Å². The maximum atomic E-state index is 4.40. The first-order valence-electron chi connectivity index (χ1n) is 5.68. The van der Waals surface area contributed by atoms with Gasteiger partial charge in [-0.1, -0.05) is 24.3 Å². The van der Waals surface area contributed by atoms with Crippen molar-refractivity contribution in [3.63, 3.8) is 0 Å². The minimum atomic E-state index is 1.05. The van der Waals surface area contributed by atoms with Gasteiger partial charge >= 0.3 is 0 Å². The minimum Gasteiger partial charge on any atom is -0.354 e. The Bertz CT molecular complexity index is 837. The number of hydrogen-bond acceptors (Lipinski definition) is 1. The maximum Gasteiger partial charge on any atom is 0.0709 e. The van der Waals surface area contributed by atoms with Crippen molar-refractivity contribution >= 4 is 32.7 Å². The van der Waals surface area contributed by atoms with Crippen LogP contribution in [0.25, 0.3) is 32.7 Å². The summed E-state index contributed by atoms with van der Waals surface area (Å²) in [5, 5.41) is 3.75. The van der Waals surface area contributed by atoms with Crippen LogP contribution in [0.1, 0.15) is 0 Å². The van der Waals surface area contributed by atoms with Gasteiger partial charge in [0.15, 0.2) is 0 Å². The quantitative estimate of drug-likeness (QED) is 0.477. The average Bonchev–Trinajstić information content (AvgIpc) is 2.77. The van der Waals surface area contributed by atoms with E-state index in [0.29, 0.717) is 0 Å². The van der Waals surface area contributed by atoms with Crippen LogP contribution >= 0.6 is 0 Å². The van der Waals surface area contributed by atoms with E-state index >= 15 is 0 Å². The zero-order valence-electron chi connectivity index (χ0n) is 9.14.